The van der Waals surface area contributed by atoms with Crippen molar-refractivity contribution in [3.63, 3.8) is 0 Å². The minimum absolute atomic E-state index is 0.579. The summed E-state index contributed by atoms with van der Waals surface area (Å²) in [6.07, 6.45) is 7.10. The molecule has 0 amide bonds. The van der Waals surface area contributed by atoms with Gasteiger partial charge in [0.25, 0.3) is 0 Å². The highest BCUT2D eigenvalue weighted by molar-refractivity contribution is 5.51. The van der Waals surface area contributed by atoms with Crippen molar-refractivity contribution in [2.24, 2.45) is 5.92 Å². The summed E-state index contributed by atoms with van der Waals surface area (Å²) >= 11 is 0. The van der Waals surface area contributed by atoms with Crippen molar-refractivity contribution in [3.05, 3.63) is 60.4 Å². The van der Waals surface area contributed by atoms with Crippen LogP contribution in [0.5, 0.6) is 0 Å². The zero-order valence-electron chi connectivity index (χ0n) is 14.9. The molecule has 26 heavy (non-hydrogen) atoms. The van der Waals surface area contributed by atoms with Gasteiger partial charge in [-0.25, -0.2) is 0 Å². The summed E-state index contributed by atoms with van der Waals surface area (Å²) in [4.78, 5) is 8.43. The first kappa shape index (κ1) is 16.8. The van der Waals surface area contributed by atoms with E-state index in [2.05, 4.69) is 55.6 Å². The molecule has 2 aromatic heterocycles. The van der Waals surface area contributed by atoms with Gasteiger partial charge in [-0.2, -0.15) is 4.80 Å². The molecule has 6 heteroatoms. The third-order valence-corrected chi connectivity index (χ3v) is 4.96. The smallest absolute Gasteiger partial charge is 0.206 e. The van der Waals surface area contributed by atoms with Gasteiger partial charge in [0.2, 0.25) is 5.82 Å². The van der Waals surface area contributed by atoms with E-state index in [4.69, 9.17) is 0 Å². The fourth-order valence-corrected chi connectivity index (χ4v) is 3.60. The predicted octanol–water partition coefficient (Wildman–Crippen LogP) is 2.69. The fraction of sp³-hybridized carbons (Fsp3) is 0.400. The van der Waals surface area contributed by atoms with Crippen molar-refractivity contribution in [1.82, 2.24) is 30.1 Å². The maximum absolute atomic E-state index is 4.53. The molecule has 1 saturated heterocycles. The first-order valence-electron chi connectivity index (χ1n) is 9.31. The largest absolute Gasteiger partial charge is 0.303 e. The van der Waals surface area contributed by atoms with Gasteiger partial charge in [-0.3, -0.25) is 4.98 Å². The molecule has 0 N–H and O–H groups in total. The maximum Gasteiger partial charge on any atom is 0.206 e. The lowest BCUT2D eigenvalue weighted by Gasteiger charge is -2.32. The number of aromatic nitrogens is 5. The van der Waals surface area contributed by atoms with Crippen LogP contribution in [0.15, 0.2) is 54.9 Å². The topological polar surface area (TPSA) is 59.7 Å². The first-order chi connectivity index (χ1) is 12.9. The average Bonchev–Trinajstić information content (AvgIpc) is 3.17. The van der Waals surface area contributed by atoms with E-state index in [1.807, 2.05) is 12.1 Å². The Bertz CT molecular complexity index is 801. The number of tetrazole rings is 1. The van der Waals surface area contributed by atoms with Crippen molar-refractivity contribution < 1.29 is 0 Å². The van der Waals surface area contributed by atoms with Crippen LogP contribution in [0.25, 0.3) is 11.4 Å². The van der Waals surface area contributed by atoms with Crippen molar-refractivity contribution in [3.8, 4) is 11.4 Å². The van der Waals surface area contributed by atoms with E-state index in [1.165, 1.54) is 24.9 Å². The summed E-state index contributed by atoms with van der Waals surface area (Å²) in [6.45, 7) is 4.24. The van der Waals surface area contributed by atoms with Crippen LogP contribution in [0.3, 0.4) is 0 Å². The number of nitrogens with zero attached hydrogens (tertiary/aromatic N) is 6. The van der Waals surface area contributed by atoms with Gasteiger partial charge in [-0.05, 0) is 54.6 Å². The molecule has 0 radical (unpaired) electrons. The molecule has 1 aliphatic rings. The summed E-state index contributed by atoms with van der Waals surface area (Å²) in [5, 5.41) is 12.9. The van der Waals surface area contributed by atoms with Gasteiger partial charge in [0.15, 0.2) is 0 Å². The molecule has 4 rings (SSSR count). The molecule has 0 bridgehead atoms. The van der Waals surface area contributed by atoms with Crippen molar-refractivity contribution >= 4 is 0 Å². The van der Waals surface area contributed by atoms with Crippen LogP contribution >= 0.6 is 0 Å². The number of pyridine rings is 1. The predicted molar refractivity (Wildman–Crippen MR) is 100 cm³/mol. The van der Waals surface area contributed by atoms with Crippen LogP contribution in [-0.2, 0) is 13.0 Å². The van der Waals surface area contributed by atoms with E-state index in [0.29, 0.717) is 11.7 Å². The van der Waals surface area contributed by atoms with Crippen LogP contribution in [-0.4, -0.2) is 49.7 Å². The van der Waals surface area contributed by atoms with E-state index in [-0.39, 0.29) is 0 Å². The number of benzene rings is 1. The molecule has 134 valence electrons. The first-order valence-corrected chi connectivity index (χ1v) is 9.31. The van der Waals surface area contributed by atoms with Gasteiger partial charge in [-0.15, -0.1) is 10.2 Å². The molecule has 3 aromatic rings. The maximum atomic E-state index is 4.53. The third kappa shape index (κ3) is 4.32. The van der Waals surface area contributed by atoms with Crippen LogP contribution in [0.2, 0.25) is 0 Å². The quantitative estimate of drug-likeness (QED) is 0.685. The summed E-state index contributed by atoms with van der Waals surface area (Å²) in [7, 11) is 0. The Labute approximate surface area is 153 Å². The van der Waals surface area contributed by atoms with E-state index in [0.717, 1.165) is 31.6 Å². The zero-order valence-corrected chi connectivity index (χ0v) is 14.9. The third-order valence-electron chi connectivity index (χ3n) is 4.96. The SMILES string of the molecule is c1ccc(CCN2CCC[C@H](Cn3nnc(-c4cccnc4)n3)C2)cc1. The molecule has 3 heterocycles. The Kier molecular flexibility index (Phi) is 5.30. The van der Waals surface area contributed by atoms with Gasteiger partial charge >= 0.3 is 0 Å². The second kappa shape index (κ2) is 8.19. The summed E-state index contributed by atoms with van der Waals surface area (Å²) in [6, 6.07) is 14.6. The minimum Gasteiger partial charge on any atom is -0.303 e. The lowest BCUT2D eigenvalue weighted by Crippen LogP contribution is -2.38. The Hall–Kier alpha value is -2.60. The summed E-state index contributed by atoms with van der Waals surface area (Å²) < 4.78 is 0. The molecule has 6 nitrogen and oxygen atoms in total. The van der Waals surface area contributed by atoms with E-state index in [1.54, 1.807) is 17.2 Å². The number of piperidine rings is 1. The molecule has 1 aliphatic heterocycles. The normalized spacial score (nSPS) is 18.1. The lowest BCUT2D eigenvalue weighted by atomic mass is 9.98. The van der Waals surface area contributed by atoms with Crippen LogP contribution in [0, 0.1) is 5.92 Å². The van der Waals surface area contributed by atoms with E-state index < -0.39 is 0 Å². The van der Waals surface area contributed by atoms with E-state index in [9.17, 15) is 0 Å². The monoisotopic (exact) mass is 348 g/mol. The Morgan fingerprint density at radius 1 is 1.08 bits per heavy atom. The molecule has 0 saturated carbocycles. The highest BCUT2D eigenvalue weighted by Gasteiger charge is 2.21. The summed E-state index contributed by atoms with van der Waals surface area (Å²) in [5.41, 5.74) is 2.32. The number of hydrogen-bond donors (Lipinski definition) is 0. The minimum atomic E-state index is 0.579. The van der Waals surface area contributed by atoms with Crippen molar-refractivity contribution in [2.75, 3.05) is 19.6 Å². The molecular weight excluding hydrogens is 324 g/mol. The number of hydrogen-bond acceptors (Lipinski definition) is 5. The van der Waals surface area contributed by atoms with Gasteiger partial charge in [0, 0.05) is 31.0 Å². The number of rotatable bonds is 6. The highest BCUT2D eigenvalue weighted by Crippen LogP contribution is 2.19. The van der Waals surface area contributed by atoms with Crippen molar-refractivity contribution in [2.45, 2.75) is 25.8 Å². The zero-order chi connectivity index (χ0) is 17.6. The molecule has 1 atom stereocenters. The second-order valence-electron chi connectivity index (χ2n) is 6.95. The van der Waals surface area contributed by atoms with Crippen LogP contribution < -0.4 is 0 Å². The Balaban J connectivity index is 1.32. The van der Waals surface area contributed by atoms with Gasteiger partial charge in [0.05, 0.1) is 6.54 Å². The molecule has 0 spiro atoms. The van der Waals surface area contributed by atoms with Gasteiger partial charge < -0.3 is 4.90 Å². The van der Waals surface area contributed by atoms with Crippen LogP contribution in [0.4, 0.5) is 0 Å². The highest BCUT2D eigenvalue weighted by atomic mass is 15.6. The van der Waals surface area contributed by atoms with Gasteiger partial charge in [-0.1, -0.05) is 30.3 Å². The summed E-state index contributed by atoms with van der Waals surface area (Å²) in [5.74, 6) is 1.23. The fourth-order valence-electron chi connectivity index (χ4n) is 3.60. The number of likely N-dealkylation sites (tertiary alicyclic amines) is 1. The standard InChI is InChI=1S/C20H24N6/c1-2-6-17(7-3-1)10-13-25-12-5-8-18(15-25)16-26-23-20(22-24-26)19-9-4-11-21-14-19/h1-4,6-7,9,11,14,18H,5,8,10,12-13,15-16H2/t18-/m0/s1. The molecule has 1 fully saturated rings. The van der Waals surface area contributed by atoms with E-state index >= 15 is 0 Å². The molecule has 1 aromatic carbocycles. The average molecular weight is 348 g/mol. The molecular formula is C20H24N6. The van der Waals surface area contributed by atoms with Crippen LogP contribution in [0.1, 0.15) is 18.4 Å². The molecule has 0 aliphatic carbocycles. The Morgan fingerprint density at radius 2 is 2.00 bits per heavy atom. The van der Waals surface area contributed by atoms with Gasteiger partial charge in [0.1, 0.15) is 0 Å². The lowest BCUT2D eigenvalue weighted by molar-refractivity contribution is 0.157. The molecule has 0 unspecified atom stereocenters. The Morgan fingerprint density at radius 3 is 2.85 bits per heavy atom. The second-order valence-corrected chi connectivity index (χ2v) is 6.95. The van der Waals surface area contributed by atoms with Crippen molar-refractivity contribution in [1.29, 1.82) is 0 Å².